The average Bonchev–Trinajstić information content (AvgIpc) is 2.71. The zero-order valence-corrected chi connectivity index (χ0v) is 13.1. The number of nitrogens with one attached hydrogen (secondary N) is 1. The second-order valence-corrected chi connectivity index (χ2v) is 5.76. The van der Waals surface area contributed by atoms with Crippen molar-refractivity contribution >= 4 is 44.2 Å². The van der Waals surface area contributed by atoms with Gasteiger partial charge in [-0.25, -0.2) is 0 Å². The standard InChI is InChI=1S/C12H8BrF3INO/c13-8-3-7(12(14,15)16)4-9(5-8)18-6-10-1-2-11(17)19-10/h1-5,18H,6H2. The second kappa shape index (κ2) is 5.74. The van der Waals surface area contributed by atoms with Crippen LogP contribution in [-0.2, 0) is 12.7 Å². The molecule has 7 heteroatoms. The lowest BCUT2D eigenvalue weighted by atomic mass is 10.2. The Morgan fingerprint density at radius 1 is 1.21 bits per heavy atom. The molecule has 1 aromatic heterocycles. The summed E-state index contributed by atoms with van der Waals surface area (Å²) in [5, 5.41) is 2.90. The summed E-state index contributed by atoms with van der Waals surface area (Å²) in [5.41, 5.74) is -0.313. The van der Waals surface area contributed by atoms with Crippen LogP contribution in [0.3, 0.4) is 0 Å². The minimum atomic E-state index is -4.36. The molecule has 1 aromatic carbocycles. The van der Waals surface area contributed by atoms with E-state index < -0.39 is 11.7 Å². The van der Waals surface area contributed by atoms with Gasteiger partial charge in [-0.1, -0.05) is 15.9 Å². The lowest BCUT2D eigenvalue weighted by Crippen LogP contribution is -2.06. The van der Waals surface area contributed by atoms with Gasteiger partial charge in [0.1, 0.15) is 5.76 Å². The monoisotopic (exact) mass is 445 g/mol. The molecule has 0 radical (unpaired) electrons. The number of furan rings is 1. The summed E-state index contributed by atoms with van der Waals surface area (Å²) in [6.07, 6.45) is -4.36. The van der Waals surface area contributed by atoms with E-state index in [9.17, 15) is 13.2 Å². The Morgan fingerprint density at radius 2 is 1.95 bits per heavy atom. The Bertz CT molecular complexity index is 583. The Balaban J connectivity index is 2.14. The van der Waals surface area contributed by atoms with E-state index >= 15 is 0 Å². The number of rotatable bonds is 3. The molecule has 0 aliphatic carbocycles. The largest absolute Gasteiger partial charge is 0.454 e. The Morgan fingerprint density at radius 3 is 2.53 bits per heavy atom. The van der Waals surface area contributed by atoms with Gasteiger partial charge in [0.15, 0.2) is 3.77 Å². The molecular weight excluding hydrogens is 438 g/mol. The van der Waals surface area contributed by atoms with Crippen LogP contribution in [0.25, 0.3) is 0 Å². The van der Waals surface area contributed by atoms with Gasteiger partial charge >= 0.3 is 6.18 Å². The summed E-state index contributed by atoms with van der Waals surface area (Å²) in [6, 6.07) is 7.26. The molecule has 0 atom stereocenters. The zero-order valence-electron chi connectivity index (χ0n) is 9.39. The van der Waals surface area contributed by atoms with Crippen molar-refractivity contribution in [2.75, 3.05) is 5.32 Å². The van der Waals surface area contributed by atoms with E-state index in [1.54, 1.807) is 18.2 Å². The van der Waals surface area contributed by atoms with Gasteiger partial charge in [0.05, 0.1) is 12.1 Å². The van der Waals surface area contributed by atoms with Crippen LogP contribution < -0.4 is 5.32 Å². The molecule has 0 unspecified atom stereocenters. The first kappa shape index (κ1) is 14.7. The second-order valence-electron chi connectivity index (χ2n) is 3.79. The van der Waals surface area contributed by atoms with Crippen molar-refractivity contribution in [2.45, 2.75) is 12.7 Å². The normalized spacial score (nSPS) is 11.6. The molecule has 2 rings (SSSR count). The quantitative estimate of drug-likeness (QED) is 0.650. The maximum absolute atomic E-state index is 12.6. The third-order valence-electron chi connectivity index (χ3n) is 2.32. The van der Waals surface area contributed by atoms with Crippen molar-refractivity contribution in [3.63, 3.8) is 0 Å². The highest BCUT2D eigenvalue weighted by Crippen LogP contribution is 2.33. The molecule has 0 aliphatic rings. The van der Waals surface area contributed by atoms with Crippen LogP contribution in [0.1, 0.15) is 11.3 Å². The Labute approximate surface area is 129 Å². The highest BCUT2D eigenvalue weighted by atomic mass is 127. The number of benzene rings is 1. The van der Waals surface area contributed by atoms with Crippen molar-refractivity contribution in [1.82, 2.24) is 0 Å². The van der Waals surface area contributed by atoms with Crippen molar-refractivity contribution in [2.24, 2.45) is 0 Å². The lowest BCUT2D eigenvalue weighted by Gasteiger charge is -2.11. The van der Waals surface area contributed by atoms with Gasteiger partial charge in [0.2, 0.25) is 0 Å². The molecule has 1 heterocycles. The summed E-state index contributed by atoms with van der Waals surface area (Å²) in [4.78, 5) is 0. The summed E-state index contributed by atoms with van der Waals surface area (Å²) < 4.78 is 44.4. The van der Waals surface area contributed by atoms with Crippen LogP contribution in [0.2, 0.25) is 0 Å². The topological polar surface area (TPSA) is 25.2 Å². The van der Waals surface area contributed by atoms with Crippen molar-refractivity contribution in [3.8, 4) is 0 Å². The van der Waals surface area contributed by atoms with E-state index in [0.29, 0.717) is 22.5 Å². The first-order chi connectivity index (χ1) is 8.84. The van der Waals surface area contributed by atoms with Crippen LogP contribution in [-0.4, -0.2) is 0 Å². The third-order valence-corrected chi connectivity index (χ3v) is 3.36. The minimum Gasteiger partial charge on any atom is -0.454 e. The minimum absolute atomic E-state index is 0.330. The number of hydrogen-bond acceptors (Lipinski definition) is 2. The summed E-state index contributed by atoms with van der Waals surface area (Å²) in [6.45, 7) is 0.330. The molecule has 2 nitrogen and oxygen atoms in total. The van der Waals surface area contributed by atoms with Crippen molar-refractivity contribution < 1.29 is 17.6 Å². The molecule has 0 spiro atoms. The number of halogens is 5. The van der Waals surface area contributed by atoms with Crippen molar-refractivity contribution in [1.29, 1.82) is 0 Å². The summed E-state index contributed by atoms with van der Waals surface area (Å²) in [5.74, 6) is 0.665. The van der Waals surface area contributed by atoms with Gasteiger partial charge in [-0.2, -0.15) is 13.2 Å². The van der Waals surface area contributed by atoms with Crippen molar-refractivity contribution in [3.05, 3.63) is 49.9 Å². The Hall–Kier alpha value is -0.700. The molecule has 0 fully saturated rings. The summed E-state index contributed by atoms with van der Waals surface area (Å²) >= 11 is 5.10. The number of anilines is 1. The SMILES string of the molecule is FC(F)(F)c1cc(Br)cc(NCc2ccc(I)o2)c1. The van der Waals surface area contributed by atoms with E-state index in [1.807, 2.05) is 22.6 Å². The fourth-order valence-corrected chi connectivity index (χ4v) is 2.45. The fraction of sp³-hybridized carbons (Fsp3) is 0.167. The molecule has 0 aliphatic heterocycles. The van der Waals surface area contributed by atoms with Gasteiger partial charge < -0.3 is 9.73 Å². The van der Waals surface area contributed by atoms with Gasteiger partial charge in [-0.15, -0.1) is 0 Å². The molecule has 2 aromatic rings. The number of alkyl halides is 3. The predicted molar refractivity (Wildman–Crippen MR) is 77.9 cm³/mol. The Kier molecular flexibility index (Phi) is 4.44. The van der Waals surface area contributed by atoms with Crippen LogP contribution in [0.5, 0.6) is 0 Å². The molecule has 19 heavy (non-hydrogen) atoms. The smallest absolute Gasteiger partial charge is 0.416 e. The highest BCUT2D eigenvalue weighted by Gasteiger charge is 2.31. The van der Waals surface area contributed by atoms with E-state index in [4.69, 9.17) is 4.42 Å². The molecule has 0 saturated heterocycles. The van der Waals surface area contributed by atoms with E-state index in [2.05, 4.69) is 21.2 Å². The molecular formula is C12H8BrF3INO. The fourth-order valence-electron chi connectivity index (χ4n) is 1.49. The molecule has 0 amide bonds. The van der Waals surface area contributed by atoms with E-state index in [-0.39, 0.29) is 0 Å². The zero-order chi connectivity index (χ0) is 14.0. The lowest BCUT2D eigenvalue weighted by molar-refractivity contribution is -0.137. The molecule has 102 valence electrons. The summed E-state index contributed by atoms with van der Waals surface area (Å²) in [7, 11) is 0. The van der Waals surface area contributed by atoms with Gasteiger partial charge in [-0.3, -0.25) is 0 Å². The third kappa shape index (κ3) is 4.13. The van der Waals surface area contributed by atoms with E-state index in [0.717, 1.165) is 15.9 Å². The molecule has 1 N–H and O–H groups in total. The molecule has 0 saturated carbocycles. The van der Waals surface area contributed by atoms with Crippen LogP contribution >= 0.6 is 38.5 Å². The maximum atomic E-state index is 12.6. The maximum Gasteiger partial charge on any atom is 0.416 e. The van der Waals surface area contributed by atoms with Gasteiger partial charge in [-0.05, 0) is 52.9 Å². The predicted octanol–water partition coefficient (Wildman–Crippen LogP) is 5.28. The first-order valence-electron chi connectivity index (χ1n) is 5.20. The number of hydrogen-bond donors (Lipinski definition) is 1. The van der Waals surface area contributed by atoms with Gasteiger partial charge in [0.25, 0.3) is 0 Å². The van der Waals surface area contributed by atoms with E-state index in [1.165, 1.54) is 0 Å². The van der Waals surface area contributed by atoms with Crippen LogP contribution in [0, 0.1) is 3.77 Å². The first-order valence-corrected chi connectivity index (χ1v) is 7.07. The van der Waals surface area contributed by atoms with Gasteiger partial charge in [0, 0.05) is 10.2 Å². The highest BCUT2D eigenvalue weighted by molar-refractivity contribution is 14.1. The van der Waals surface area contributed by atoms with Crippen LogP contribution in [0.4, 0.5) is 18.9 Å². The average molecular weight is 446 g/mol. The molecule has 0 bridgehead atoms. The van der Waals surface area contributed by atoms with Crippen LogP contribution in [0.15, 0.2) is 39.2 Å².